The Morgan fingerprint density at radius 3 is 3.00 bits per heavy atom. The molecule has 0 radical (unpaired) electrons. The third-order valence-corrected chi connectivity index (χ3v) is 3.48. The van der Waals surface area contributed by atoms with Crippen molar-refractivity contribution in [3.63, 3.8) is 0 Å². The Bertz CT molecular complexity index is 778. The Labute approximate surface area is 126 Å². The van der Waals surface area contributed by atoms with Crippen LogP contribution in [-0.2, 0) is 13.0 Å². The van der Waals surface area contributed by atoms with Gasteiger partial charge < -0.3 is 14.2 Å². The minimum absolute atomic E-state index is 0.0930. The number of aliphatic hydroxyl groups is 1. The molecule has 2 heterocycles. The number of aromatic nitrogens is 3. The van der Waals surface area contributed by atoms with Gasteiger partial charge in [0.05, 0.1) is 6.54 Å². The fraction of sp³-hybridized carbons (Fsp3) is 0.333. The summed E-state index contributed by atoms with van der Waals surface area (Å²) in [6.45, 7) is 0.820. The highest BCUT2D eigenvalue weighted by atomic mass is 16.5. The minimum atomic E-state index is 0.0930. The average molecular weight is 300 g/mol. The third kappa shape index (κ3) is 2.75. The van der Waals surface area contributed by atoms with Crippen LogP contribution in [0.5, 0.6) is 0 Å². The van der Waals surface area contributed by atoms with E-state index in [2.05, 4.69) is 15.3 Å². The molecule has 0 aliphatic carbocycles. The van der Waals surface area contributed by atoms with Gasteiger partial charge in [-0.05, 0) is 12.5 Å². The van der Waals surface area contributed by atoms with E-state index < -0.39 is 0 Å². The first-order valence-electron chi connectivity index (χ1n) is 7.14. The van der Waals surface area contributed by atoms with E-state index in [-0.39, 0.29) is 13.2 Å². The fourth-order valence-electron chi connectivity index (χ4n) is 2.45. The van der Waals surface area contributed by atoms with Crippen LogP contribution in [0.4, 0.5) is 0 Å². The lowest BCUT2D eigenvalue weighted by Gasteiger charge is -2.00. The summed E-state index contributed by atoms with van der Waals surface area (Å²) in [7, 11) is 0. The van der Waals surface area contributed by atoms with E-state index in [0.717, 1.165) is 16.5 Å². The molecule has 0 aliphatic rings. The van der Waals surface area contributed by atoms with E-state index in [9.17, 15) is 4.91 Å². The van der Waals surface area contributed by atoms with Gasteiger partial charge in [-0.3, -0.25) is 0 Å². The lowest BCUT2D eigenvalue weighted by molar-refractivity contribution is 0.278. The van der Waals surface area contributed by atoms with E-state index in [1.54, 1.807) is 0 Å². The molecule has 0 spiro atoms. The van der Waals surface area contributed by atoms with Gasteiger partial charge in [-0.25, -0.2) is 0 Å². The molecule has 0 saturated carbocycles. The third-order valence-electron chi connectivity index (χ3n) is 3.48. The smallest absolute Gasteiger partial charge is 0.227 e. The number of hydrogen-bond donors (Lipinski definition) is 1. The number of aryl methyl sites for hydroxylation is 1. The number of nitroso groups, excluding NO2 is 1. The van der Waals surface area contributed by atoms with Gasteiger partial charge >= 0.3 is 0 Å². The first-order chi connectivity index (χ1) is 10.8. The summed E-state index contributed by atoms with van der Waals surface area (Å²) in [5.41, 5.74) is 1.86. The van der Waals surface area contributed by atoms with Crippen molar-refractivity contribution in [2.45, 2.75) is 19.4 Å². The first kappa shape index (κ1) is 14.4. The monoisotopic (exact) mass is 300 g/mol. The summed E-state index contributed by atoms with van der Waals surface area (Å²) in [4.78, 5) is 14.7. The van der Waals surface area contributed by atoms with Gasteiger partial charge in [-0.15, -0.1) is 0 Å². The highest BCUT2D eigenvalue weighted by molar-refractivity contribution is 5.94. The van der Waals surface area contributed by atoms with Crippen LogP contribution in [0.2, 0.25) is 0 Å². The van der Waals surface area contributed by atoms with Crippen LogP contribution in [0.3, 0.4) is 0 Å². The van der Waals surface area contributed by atoms with Crippen LogP contribution < -0.4 is 0 Å². The second-order valence-corrected chi connectivity index (χ2v) is 4.94. The second-order valence-electron chi connectivity index (χ2n) is 4.94. The molecule has 0 atom stereocenters. The lowest BCUT2D eigenvalue weighted by atomic mass is 10.2. The van der Waals surface area contributed by atoms with Crippen molar-refractivity contribution >= 4 is 10.9 Å². The maximum Gasteiger partial charge on any atom is 0.227 e. The highest BCUT2D eigenvalue weighted by Crippen LogP contribution is 2.28. The highest BCUT2D eigenvalue weighted by Gasteiger charge is 2.15. The number of rotatable bonds is 7. The molecule has 22 heavy (non-hydrogen) atoms. The van der Waals surface area contributed by atoms with Crippen molar-refractivity contribution in [1.29, 1.82) is 0 Å². The van der Waals surface area contributed by atoms with Gasteiger partial charge in [0.15, 0.2) is 0 Å². The molecule has 0 aliphatic heterocycles. The number of para-hydroxylation sites is 1. The van der Waals surface area contributed by atoms with Gasteiger partial charge in [0.25, 0.3) is 0 Å². The SMILES string of the molecule is O=NCCn1cc(-c2noc(CCCO)n2)c2ccccc21. The summed E-state index contributed by atoms with van der Waals surface area (Å²) in [6, 6.07) is 7.86. The molecule has 1 N–H and O–H groups in total. The summed E-state index contributed by atoms with van der Waals surface area (Å²) >= 11 is 0. The summed E-state index contributed by atoms with van der Waals surface area (Å²) in [5, 5.41) is 16.8. The van der Waals surface area contributed by atoms with Gasteiger partial charge in [-0.2, -0.15) is 9.89 Å². The van der Waals surface area contributed by atoms with Gasteiger partial charge in [0.1, 0.15) is 0 Å². The van der Waals surface area contributed by atoms with Crippen LogP contribution in [0.25, 0.3) is 22.3 Å². The first-order valence-corrected chi connectivity index (χ1v) is 7.14. The zero-order valence-electron chi connectivity index (χ0n) is 12.0. The number of nitrogens with zero attached hydrogens (tertiary/aromatic N) is 4. The molecule has 3 aromatic rings. The lowest BCUT2D eigenvalue weighted by Crippen LogP contribution is -1.98. The number of hydrogen-bond acceptors (Lipinski definition) is 6. The van der Waals surface area contributed by atoms with Crippen LogP contribution in [-0.4, -0.2) is 33.0 Å². The van der Waals surface area contributed by atoms with Crippen molar-refractivity contribution in [3.05, 3.63) is 41.3 Å². The van der Waals surface area contributed by atoms with Crippen LogP contribution in [0.15, 0.2) is 40.2 Å². The maximum absolute atomic E-state index is 10.4. The standard InChI is InChI=1S/C15H16N4O3/c20-9-3-6-14-17-15(18-22-14)12-10-19(8-7-16-21)13-5-2-1-4-11(12)13/h1-2,4-5,10,20H,3,6-9H2. The van der Waals surface area contributed by atoms with Gasteiger partial charge in [0.2, 0.25) is 11.7 Å². The zero-order chi connectivity index (χ0) is 15.4. The molecule has 7 nitrogen and oxygen atoms in total. The van der Waals surface area contributed by atoms with E-state index in [0.29, 0.717) is 31.1 Å². The van der Waals surface area contributed by atoms with Gasteiger partial charge in [-0.1, -0.05) is 28.5 Å². The van der Waals surface area contributed by atoms with Crippen LogP contribution in [0.1, 0.15) is 12.3 Å². The molecule has 3 rings (SSSR count). The quantitative estimate of drug-likeness (QED) is 0.676. The average Bonchev–Trinajstić information content (AvgIpc) is 3.15. The van der Waals surface area contributed by atoms with Crippen molar-refractivity contribution in [2.75, 3.05) is 13.2 Å². The zero-order valence-corrected chi connectivity index (χ0v) is 12.0. The molecule has 114 valence electrons. The van der Waals surface area contributed by atoms with E-state index >= 15 is 0 Å². The molecule has 0 bridgehead atoms. The van der Waals surface area contributed by atoms with E-state index in [1.165, 1.54) is 0 Å². The molecule has 0 saturated heterocycles. The molecule has 7 heteroatoms. The topological polar surface area (TPSA) is 93.5 Å². The van der Waals surface area contributed by atoms with Crippen molar-refractivity contribution in [2.24, 2.45) is 5.18 Å². The summed E-state index contributed by atoms with van der Waals surface area (Å²) in [5.74, 6) is 1.03. The fourth-order valence-corrected chi connectivity index (χ4v) is 2.45. The number of benzene rings is 1. The summed E-state index contributed by atoms with van der Waals surface area (Å²) in [6.07, 6.45) is 3.06. The number of fused-ring (bicyclic) bond motifs is 1. The summed E-state index contributed by atoms with van der Waals surface area (Å²) < 4.78 is 7.18. The maximum atomic E-state index is 10.4. The normalized spacial score (nSPS) is 11.1. The minimum Gasteiger partial charge on any atom is -0.396 e. The Kier molecular flexibility index (Phi) is 4.24. The Morgan fingerprint density at radius 2 is 2.18 bits per heavy atom. The van der Waals surface area contributed by atoms with E-state index in [1.807, 2.05) is 35.0 Å². The Morgan fingerprint density at radius 1 is 1.32 bits per heavy atom. The van der Waals surface area contributed by atoms with E-state index in [4.69, 9.17) is 9.63 Å². The molecule has 0 amide bonds. The number of aliphatic hydroxyl groups excluding tert-OH is 1. The van der Waals surface area contributed by atoms with Crippen molar-refractivity contribution in [3.8, 4) is 11.4 Å². The molecular formula is C15H16N4O3. The molecule has 1 aromatic carbocycles. The predicted octanol–water partition coefficient (Wildman–Crippen LogP) is 2.38. The van der Waals surface area contributed by atoms with Crippen molar-refractivity contribution in [1.82, 2.24) is 14.7 Å². The van der Waals surface area contributed by atoms with Crippen LogP contribution in [0, 0.1) is 4.91 Å². The van der Waals surface area contributed by atoms with Gasteiger partial charge in [0, 0.05) is 42.2 Å². The predicted molar refractivity (Wildman–Crippen MR) is 81.3 cm³/mol. The Hall–Kier alpha value is -2.54. The Balaban J connectivity index is 1.99. The largest absolute Gasteiger partial charge is 0.396 e. The molecular weight excluding hydrogens is 284 g/mol. The second kappa shape index (κ2) is 6.48. The van der Waals surface area contributed by atoms with Crippen molar-refractivity contribution < 1.29 is 9.63 Å². The molecule has 2 aromatic heterocycles. The molecule has 0 unspecified atom stereocenters. The van der Waals surface area contributed by atoms with Crippen LogP contribution >= 0.6 is 0 Å². The molecule has 0 fully saturated rings.